The first-order chi connectivity index (χ1) is 7.98. The highest BCUT2D eigenvalue weighted by Crippen LogP contribution is 2.18. The zero-order valence-corrected chi connectivity index (χ0v) is 9.81. The lowest BCUT2D eigenvalue weighted by molar-refractivity contribution is 0.0770. The smallest absolute Gasteiger partial charge is 0.251 e. The number of alkyl halides is 2. The van der Waals surface area contributed by atoms with E-state index in [2.05, 4.69) is 0 Å². The quantitative estimate of drug-likeness (QED) is 0.786. The summed E-state index contributed by atoms with van der Waals surface area (Å²) >= 11 is 0. The first-order valence-corrected chi connectivity index (χ1v) is 5.40. The molecule has 0 spiro atoms. The minimum Gasteiger partial charge on any atom is -0.394 e. The maximum Gasteiger partial charge on any atom is 0.251 e. The van der Waals surface area contributed by atoms with Crippen molar-refractivity contribution in [1.82, 2.24) is 4.90 Å². The van der Waals surface area contributed by atoms with Crippen LogP contribution < -0.4 is 5.73 Å². The van der Waals surface area contributed by atoms with Gasteiger partial charge in [0.1, 0.15) is 0 Å². The molecule has 17 heavy (non-hydrogen) atoms. The van der Waals surface area contributed by atoms with Crippen LogP contribution in [0.1, 0.15) is 5.56 Å². The van der Waals surface area contributed by atoms with E-state index in [1.165, 1.54) is 4.90 Å². The fourth-order valence-corrected chi connectivity index (χ4v) is 1.78. The number of aliphatic hydroxyl groups is 1. The highest BCUT2D eigenvalue weighted by Gasteiger charge is 2.28. The Morgan fingerprint density at radius 3 is 2.41 bits per heavy atom. The van der Waals surface area contributed by atoms with Gasteiger partial charge in [0.25, 0.3) is 6.43 Å². The Bertz CT molecular complexity index is 335. The van der Waals surface area contributed by atoms with Crippen molar-refractivity contribution in [2.24, 2.45) is 5.73 Å². The molecule has 1 unspecified atom stereocenters. The molecule has 3 N–H and O–H groups in total. The Kier molecular flexibility index (Phi) is 4.99. The van der Waals surface area contributed by atoms with Crippen molar-refractivity contribution in [3.05, 3.63) is 35.9 Å². The lowest BCUT2D eigenvalue weighted by Crippen LogP contribution is -2.50. The largest absolute Gasteiger partial charge is 0.394 e. The number of nitrogens with zero attached hydrogens (tertiary/aromatic N) is 1. The molecule has 5 heteroatoms. The molecule has 0 aliphatic rings. The maximum absolute atomic E-state index is 12.2. The summed E-state index contributed by atoms with van der Waals surface area (Å²) in [5.74, 6) is 0. The van der Waals surface area contributed by atoms with Crippen LogP contribution in [0.5, 0.6) is 0 Å². The first-order valence-electron chi connectivity index (χ1n) is 5.40. The van der Waals surface area contributed by atoms with Gasteiger partial charge in [-0.2, -0.15) is 0 Å². The van der Waals surface area contributed by atoms with E-state index in [0.717, 1.165) is 5.56 Å². The Hall–Kier alpha value is -1.04. The Morgan fingerprint density at radius 2 is 1.94 bits per heavy atom. The van der Waals surface area contributed by atoms with Gasteiger partial charge in [-0.05, 0) is 12.6 Å². The topological polar surface area (TPSA) is 49.5 Å². The van der Waals surface area contributed by atoms with Gasteiger partial charge in [0.15, 0.2) is 0 Å². The van der Waals surface area contributed by atoms with Crippen LogP contribution in [0.4, 0.5) is 8.78 Å². The van der Waals surface area contributed by atoms with Gasteiger partial charge in [0.2, 0.25) is 0 Å². The zero-order chi connectivity index (χ0) is 12.9. The van der Waals surface area contributed by atoms with Crippen LogP contribution >= 0.6 is 0 Å². The van der Waals surface area contributed by atoms with Gasteiger partial charge in [-0.15, -0.1) is 0 Å². The third-order valence-electron chi connectivity index (χ3n) is 2.63. The molecule has 0 saturated heterocycles. The van der Waals surface area contributed by atoms with Crippen molar-refractivity contribution in [2.75, 3.05) is 26.7 Å². The Balaban J connectivity index is 2.76. The second-order valence-corrected chi connectivity index (χ2v) is 4.27. The number of likely N-dealkylation sites (N-methyl/N-ethyl adjacent to an activating group) is 1. The molecule has 1 aromatic carbocycles. The van der Waals surface area contributed by atoms with Crippen molar-refractivity contribution in [2.45, 2.75) is 12.0 Å². The van der Waals surface area contributed by atoms with E-state index < -0.39 is 12.0 Å². The van der Waals surface area contributed by atoms with E-state index in [4.69, 9.17) is 5.73 Å². The number of halogens is 2. The molecule has 3 nitrogen and oxygen atoms in total. The van der Waals surface area contributed by atoms with Gasteiger partial charge in [0.05, 0.1) is 18.7 Å². The molecular weight excluding hydrogens is 226 g/mol. The second-order valence-electron chi connectivity index (χ2n) is 4.27. The molecule has 0 fully saturated rings. The van der Waals surface area contributed by atoms with Crippen molar-refractivity contribution in [3.63, 3.8) is 0 Å². The summed E-state index contributed by atoms with van der Waals surface area (Å²) < 4.78 is 24.4. The summed E-state index contributed by atoms with van der Waals surface area (Å²) in [5, 5.41) is 9.38. The van der Waals surface area contributed by atoms with Crippen LogP contribution in [0, 0.1) is 0 Å². The van der Waals surface area contributed by atoms with E-state index >= 15 is 0 Å². The van der Waals surface area contributed by atoms with Gasteiger partial charge in [-0.3, -0.25) is 4.90 Å². The normalized spacial score (nSPS) is 15.2. The maximum atomic E-state index is 12.2. The molecular formula is C12H18F2N2O. The van der Waals surface area contributed by atoms with Crippen LogP contribution in [0.25, 0.3) is 0 Å². The van der Waals surface area contributed by atoms with Crippen molar-refractivity contribution in [1.29, 1.82) is 0 Å². The molecule has 0 saturated carbocycles. The van der Waals surface area contributed by atoms with Crippen molar-refractivity contribution < 1.29 is 13.9 Å². The van der Waals surface area contributed by atoms with Crippen LogP contribution in [0.15, 0.2) is 30.3 Å². The number of benzene rings is 1. The van der Waals surface area contributed by atoms with Gasteiger partial charge in [-0.25, -0.2) is 8.78 Å². The lowest BCUT2D eigenvalue weighted by Gasteiger charge is -2.32. The monoisotopic (exact) mass is 244 g/mol. The third-order valence-corrected chi connectivity index (χ3v) is 2.63. The summed E-state index contributed by atoms with van der Waals surface area (Å²) in [4.78, 5) is 1.42. The predicted octanol–water partition coefficient (Wildman–Crippen LogP) is 1.03. The minimum absolute atomic E-state index is 0.178. The number of hydrogen-bond donors (Lipinski definition) is 2. The molecule has 0 radical (unpaired) electrons. The molecule has 1 aromatic rings. The molecule has 0 heterocycles. The van der Waals surface area contributed by atoms with Gasteiger partial charge in [-0.1, -0.05) is 30.3 Å². The number of rotatable bonds is 6. The summed E-state index contributed by atoms with van der Waals surface area (Å²) in [7, 11) is 1.56. The van der Waals surface area contributed by atoms with Gasteiger partial charge in [0, 0.05) is 6.54 Å². The Morgan fingerprint density at radius 1 is 1.35 bits per heavy atom. The predicted molar refractivity (Wildman–Crippen MR) is 62.9 cm³/mol. The van der Waals surface area contributed by atoms with Crippen LogP contribution in [0.3, 0.4) is 0 Å². The Labute approximate surface area is 99.8 Å². The van der Waals surface area contributed by atoms with Crippen molar-refractivity contribution >= 4 is 0 Å². The van der Waals surface area contributed by atoms with E-state index in [9.17, 15) is 13.9 Å². The molecule has 1 atom stereocenters. The SMILES string of the molecule is CN(CC(F)F)CC(N)(CO)c1ccccc1. The average Bonchev–Trinajstić information content (AvgIpc) is 2.29. The third kappa shape index (κ3) is 4.03. The molecule has 0 aliphatic carbocycles. The number of nitrogens with two attached hydrogens (primary N) is 1. The summed E-state index contributed by atoms with van der Waals surface area (Å²) in [6.07, 6.45) is -2.40. The molecule has 0 aliphatic heterocycles. The second kappa shape index (κ2) is 6.05. The van der Waals surface area contributed by atoms with E-state index in [1.54, 1.807) is 31.3 Å². The first kappa shape index (κ1) is 14.0. The summed E-state index contributed by atoms with van der Waals surface area (Å²) in [5.41, 5.74) is 5.79. The minimum atomic E-state index is -2.40. The molecule has 0 bridgehead atoms. The van der Waals surface area contributed by atoms with Gasteiger partial charge < -0.3 is 10.8 Å². The van der Waals surface area contributed by atoms with Crippen LogP contribution in [0.2, 0.25) is 0 Å². The number of hydrogen-bond acceptors (Lipinski definition) is 3. The highest BCUT2D eigenvalue weighted by atomic mass is 19.3. The standard InChI is InChI=1S/C12H18F2N2O/c1-16(7-11(13)14)8-12(15,9-17)10-5-3-2-4-6-10/h2-6,11,17H,7-9,15H2,1H3. The highest BCUT2D eigenvalue weighted by molar-refractivity contribution is 5.24. The molecule has 96 valence electrons. The molecule has 1 rings (SSSR count). The fourth-order valence-electron chi connectivity index (χ4n) is 1.78. The van der Waals surface area contributed by atoms with Gasteiger partial charge >= 0.3 is 0 Å². The van der Waals surface area contributed by atoms with E-state index in [0.29, 0.717) is 0 Å². The van der Waals surface area contributed by atoms with Crippen LogP contribution in [-0.2, 0) is 5.54 Å². The van der Waals surface area contributed by atoms with Crippen LogP contribution in [-0.4, -0.2) is 43.2 Å². The summed E-state index contributed by atoms with van der Waals surface area (Å²) in [6, 6.07) is 9.02. The molecule has 0 amide bonds. The zero-order valence-electron chi connectivity index (χ0n) is 9.81. The fraction of sp³-hybridized carbons (Fsp3) is 0.500. The lowest BCUT2D eigenvalue weighted by atomic mass is 9.91. The molecule has 0 aromatic heterocycles. The van der Waals surface area contributed by atoms with E-state index in [1.807, 2.05) is 6.07 Å². The van der Waals surface area contributed by atoms with E-state index in [-0.39, 0.29) is 19.7 Å². The van der Waals surface area contributed by atoms with Crippen molar-refractivity contribution in [3.8, 4) is 0 Å². The average molecular weight is 244 g/mol. The number of aliphatic hydroxyl groups excluding tert-OH is 1. The summed E-state index contributed by atoms with van der Waals surface area (Å²) in [6.45, 7) is -0.464.